The highest BCUT2D eigenvalue weighted by atomic mass is 32.2. The average molecular weight is 335 g/mol. The zero-order valence-electron chi connectivity index (χ0n) is 13.9. The number of aliphatic hydroxyl groups excluding tert-OH is 1. The number of β-amino-alcohol motifs (C(OH)–C–C–N with tert-alkyl or cyclic N) is 1. The largest absolute Gasteiger partial charge is 0.492 e. The summed E-state index contributed by atoms with van der Waals surface area (Å²) in [5, 5.41) is 13.4. The molecule has 1 aromatic carbocycles. The first kappa shape index (κ1) is 17.8. The lowest BCUT2D eigenvalue weighted by molar-refractivity contribution is 0.127. The van der Waals surface area contributed by atoms with Gasteiger partial charge in [-0.15, -0.1) is 11.8 Å². The van der Waals surface area contributed by atoms with Crippen LogP contribution in [0.3, 0.4) is 0 Å². The highest BCUT2D eigenvalue weighted by Crippen LogP contribution is 2.19. The van der Waals surface area contributed by atoms with Gasteiger partial charge in [0.25, 0.3) is 0 Å². The highest BCUT2D eigenvalue weighted by Gasteiger charge is 2.19. The van der Waals surface area contributed by atoms with Crippen LogP contribution in [0.4, 0.5) is 0 Å². The normalized spacial score (nSPS) is 13.0. The van der Waals surface area contributed by atoms with Gasteiger partial charge in [-0.25, -0.2) is 4.98 Å². The Balaban J connectivity index is 1.74. The number of benzene rings is 1. The van der Waals surface area contributed by atoms with E-state index in [1.165, 1.54) is 4.90 Å². The molecule has 0 amide bonds. The van der Waals surface area contributed by atoms with Crippen molar-refractivity contribution in [1.29, 1.82) is 0 Å². The van der Waals surface area contributed by atoms with Crippen molar-refractivity contribution in [3.63, 3.8) is 0 Å². The fraction of sp³-hybridized carbons (Fsp3) is 0.471. The van der Waals surface area contributed by atoms with Crippen LogP contribution in [0.2, 0.25) is 0 Å². The molecule has 0 saturated carbocycles. The van der Waals surface area contributed by atoms with Gasteiger partial charge in [-0.05, 0) is 44.4 Å². The molecule has 6 heteroatoms. The Morgan fingerprint density at radius 3 is 2.70 bits per heavy atom. The molecule has 0 aliphatic carbocycles. The van der Waals surface area contributed by atoms with Crippen molar-refractivity contribution in [3.05, 3.63) is 43.0 Å². The first-order chi connectivity index (χ1) is 11.0. The van der Waals surface area contributed by atoms with Gasteiger partial charge in [-0.2, -0.15) is 0 Å². The topological polar surface area (TPSA) is 59.3 Å². The van der Waals surface area contributed by atoms with Crippen molar-refractivity contribution in [3.8, 4) is 5.75 Å². The third-order valence-corrected chi connectivity index (χ3v) is 4.20. The summed E-state index contributed by atoms with van der Waals surface area (Å²) in [5.74, 6) is 0.858. The van der Waals surface area contributed by atoms with E-state index in [9.17, 15) is 5.11 Å². The standard InChI is InChI=1S/C17H25N3O2S/c1-17(2,12-22-15-4-6-16(23-3)7-5-15)19-10-14(21)11-20-9-8-18-13-20/h4-9,13-14,19,21H,10-12H2,1-3H3. The minimum absolute atomic E-state index is 0.228. The van der Waals surface area contributed by atoms with Crippen LogP contribution in [0.25, 0.3) is 0 Å². The number of nitrogens with zero attached hydrogens (tertiary/aromatic N) is 2. The molecular weight excluding hydrogens is 310 g/mol. The van der Waals surface area contributed by atoms with Gasteiger partial charge in [-0.3, -0.25) is 0 Å². The van der Waals surface area contributed by atoms with E-state index >= 15 is 0 Å². The lowest BCUT2D eigenvalue weighted by atomic mass is 10.1. The molecule has 2 aromatic rings. The Kier molecular flexibility index (Phi) is 6.50. The predicted octanol–water partition coefficient (Wildman–Crippen LogP) is 2.41. The van der Waals surface area contributed by atoms with Gasteiger partial charge in [-0.1, -0.05) is 0 Å². The van der Waals surface area contributed by atoms with Gasteiger partial charge in [0.2, 0.25) is 0 Å². The van der Waals surface area contributed by atoms with Gasteiger partial charge >= 0.3 is 0 Å². The van der Waals surface area contributed by atoms with Gasteiger partial charge in [0.05, 0.1) is 19.0 Å². The van der Waals surface area contributed by atoms with Crippen LogP contribution < -0.4 is 10.1 Å². The van der Waals surface area contributed by atoms with Crippen molar-refractivity contribution in [2.45, 2.75) is 36.9 Å². The number of aromatic nitrogens is 2. The molecule has 0 aliphatic heterocycles. The molecule has 0 saturated heterocycles. The summed E-state index contributed by atoms with van der Waals surface area (Å²) in [4.78, 5) is 5.19. The predicted molar refractivity (Wildman–Crippen MR) is 94.0 cm³/mol. The molecule has 1 aromatic heterocycles. The lowest BCUT2D eigenvalue weighted by Crippen LogP contribution is -2.48. The second kappa shape index (κ2) is 8.38. The van der Waals surface area contributed by atoms with Crippen molar-refractivity contribution in [2.24, 2.45) is 0 Å². The Labute approximate surface area is 142 Å². The summed E-state index contributed by atoms with van der Waals surface area (Å²) < 4.78 is 7.70. The van der Waals surface area contributed by atoms with Crippen LogP contribution in [-0.4, -0.2) is 45.7 Å². The number of aliphatic hydroxyl groups is 1. The summed E-state index contributed by atoms with van der Waals surface area (Å²) in [5.41, 5.74) is -0.228. The van der Waals surface area contributed by atoms with E-state index in [2.05, 4.69) is 42.5 Å². The maximum atomic E-state index is 10.1. The molecule has 0 spiro atoms. The molecule has 1 atom stereocenters. The number of hydrogen-bond acceptors (Lipinski definition) is 5. The van der Waals surface area contributed by atoms with Crippen LogP contribution >= 0.6 is 11.8 Å². The quantitative estimate of drug-likeness (QED) is 0.689. The molecule has 0 aliphatic rings. The van der Waals surface area contributed by atoms with Gasteiger partial charge in [0.1, 0.15) is 12.4 Å². The van der Waals surface area contributed by atoms with E-state index in [0.717, 1.165) is 5.75 Å². The summed E-state index contributed by atoms with van der Waals surface area (Å²) in [6.45, 7) is 5.68. The van der Waals surface area contributed by atoms with E-state index in [1.807, 2.05) is 22.9 Å². The maximum absolute atomic E-state index is 10.1. The first-order valence-corrected chi connectivity index (χ1v) is 8.87. The van der Waals surface area contributed by atoms with Crippen LogP contribution in [0.5, 0.6) is 5.75 Å². The average Bonchev–Trinajstić information content (AvgIpc) is 3.05. The van der Waals surface area contributed by atoms with Crippen molar-refractivity contribution in [1.82, 2.24) is 14.9 Å². The van der Waals surface area contributed by atoms with Gasteiger partial charge < -0.3 is 19.7 Å². The molecule has 0 radical (unpaired) electrons. The van der Waals surface area contributed by atoms with E-state index in [0.29, 0.717) is 19.7 Å². The SMILES string of the molecule is CSc1ccc(OCC(C)(C)NCC(O)Cn2ccnc2)cc1. The summed E-state index contributed by atoms with van der Waals surface area (Å²) >= 11 is 1.71. The molecule has 23 heavy (non-hydrogen) atoms. The third-order valence-electron chi connectivity index (χ3n) is 3.46. The summed E-state index contributed by atoms with van der Waals surface area (Å²) in [6, 6.07) is 8.07. The minimum Gasteiger partial charge on any atom is -0.492 e. The smallest absolute Gasteiger partial charge is 0.119 e. The molecule has 2 N–H and O–H groups in total. The number of imidazole rings is 1. The maximum Gasteiger partial charge on any atom is 0.119 e. The van der Waals surface area contributed by atoms with E-state index in [-0.39, 0.29) is 5.54 Å². The van der Waals surface area contributed by atoms with E-state index < -0.39 is 6.10 Å². The number of hydrogen-bond donors (Lipinski definition) is 2. The molecule has 5 nitrogen and oxygen atoms in total. The first-order valence-electron chi connectivity index (χ1n) is 7.64. The van der Waals surface area contributed by atoms with Crippen molar-refractivity contribution < 1.29 is 9.84 Å². The van der Waals surface area contributed by atoms with Crippen molar-refractivity contribution >= 4 is 11.8 Å². The van der Waals surface area contributed by atoms with Gasteiger partial charge in [0, 0.05) is 29.4 Å². The molecule has 1 heterocycles. The van der Waals surface area contributed by atoms with Crippen molar-refractivity contribution in [2.75, 3.05) is 19.4 Å². The Morgan fingerprint density at radius 2 is 2.09 bits per heavy atom. The minimum atomic E-state index is -0.468. The molecule has 0 bridgehead atoms. The van der Waals surface area contributed by atoms with E-state index in [4.69, 9.17) is 4.74 Å². The van der Waals surface area contributed by atoms with Crippen LogP contribution in [-0.2, 0) is 6.54 Å². The Morgan fingerprint density at radius 1 is 1.35 bits per heavy atom. The number of rotatable bonds is 9. The highest BCUT2D eigenvalue weighted by molar-refractivity contribution is 7.98. The second-order valence-electron chi connectivity index (χ2n) is 6.14. The Bertz CT molecular complexity index is 570. The van der Waals surface area contributed by atoms with Crippen LogP contribution in [0, 0.1) is 0 Å². The van der Waals surface area contributed by atoms with E-state index in [1.54, 1.807) is 24.3 Å². The summed E-state index contributed by atoms with van der Waals surface area (Å²) in [7, 11) is 0. The van der Waals surface area contributed by atoms with Crippen LogP contribution in [0.15, 0.2) is 47.9 Å². The number of thioether (sulfide) groups is 1. The zero-order chi connectivity index (χ0) is 16.7. The third kappa shape index (κ3) is 6.25. The molecule has 126 valence electrons. The molecule has 2 rings (SSSR count). The lowest BCUT2D eigenvalue weighted by Gasteiger charge is -2.28. The number of nitrogens with one attached hydrogen (secondary N) is 1. The molecular formula is C17H25N3O2S. The summed E-state index contributed by atoms with van der Waals surface area (Å²) in [6.07, 6.45) is 6.84. The second-order valence-corrected chi connectivity index (χ2v) is 7.02. The molecule has 0 fully saturated rings. The van der Waals surface area contributed by atoms with Gasteiger partial charge in [0.15, 0.2) is 0 Å². The fourth-order valence-corrected chi connectivity index (χ4v) is 2.49. The monoisotopic (exact) mass is 335 g/mol. The fourth-order valence-electron chi connectivity index (χ4n) is 2.08. The number of ether oxygens (including phenoxy) is 1. The zero-order valence-corrected chi connectivity index (χ0v) is 14.7. The molecule has 1 unspecified atom stereocenters. The Hall–Kier alpha value is -1.50. The van der Waals surface area contributed by atoms with Crippen LogP contribution in [0.1, 0.15) is 13.8 Å².